The largest absolute Gasteiger partial charge is 0.450 e. The molecule has 1 fully saturated rings. The molecule has 1 saturated heterocycles. The van der Waals surface area contributed by atoms with Crippen molar-refractivity contribution in [1.82, 2.24) is 15.2 Å². The summed E-state index contributed by atoms with van der Waals surface area (Å²) in [6.07, 6.45) is 3.98. The Kier molecular flexibility index (Phi) is 4.97. The van der Waals surface area contributed by atoms with E-state index >= 15 is 0 Å². The number of nitrogens with zero attached hydrogens (tertiary/aromatic N) is 1. The average Bonchev–Trinajstić information content (AvgIpc) is 2.47. The fourth-order valence-corrected chi connectivity index (χ4v) is 2.37. The molecule has 0 spiro atoms. The van der Waals surface area contributed by atoms with E-state index in [0.29, 0.717) is 19.7 Å². The Morgan fingerprint density at radius 3 is 3.05 bits per heavy atom. The number of rotatable bonds is 3. The third-order valence-corrected chi connectivity index (χ3v) is 3.36. The predicted molar refractivity (Wildman–Crippen MR) is 76.1 cm³/mol. The third kappa shape index (κ3) is 3.84. The van der Waals surface area contributed by atoms with Crippen LogP contribution in [0.1, 0.15) is 30.1 Å². The van der Waals surface area contributed by atoms with Crippen LogP contribution in [0.25, 0.3) is 0 Å². The molecule has 2 heterocycles. The average molecular weight is 293 g/mol. The molecule has 114 valence electrons. The highest BCUT2D eigenvalue weighted by molar-refractivity contribution is 5.93. The number of pyridine rings is 1. The number of ether oxygens (including phenoxy) is 1. The minimum Gasteiger partial charge on any atom is -0.450 e. The van der Waals surface area contributed by atoms with Crippen LogP contribution in [-0.4, -0.2) is 47.6 Å². The van der Waals surface area contributed by atoms with Gasteiger partial charge >= 0.3 is 6.09 Å². The first-order valence-electron chi connectivity index (χ1n) is 7.01. The smallest absolute Gasteiger partial charge is 0.407 e. The number of amides is 2. The lowest BCUT2D eigenvalue weighted by atomic mass is 10.0. The second-order valence-electron chi connectivity index (χ2n) is 4.88. The summed E-state index contributed by atoms with van der Waals surface area (Å²) in [4.78, 5) is 39.8. The molecular weight excluding hydrogens is 274 g/mol. The molecule has 7 nitrogen and oxygen atoms in total. The van der Waals surface area contributed by atoms with E-state index in [2.05, 4.69) is 10.3 Å². The minimum atomic E-state index is -0.477. The van der Waals surface area contributed by atoms with Gasteiger partial charge in [-0.15, -0.1) is 0 Å². The van der Waals surface area contributed by atoms with Gasteiger partial charge in [0.05, 0.1) is 6.61 Å². The van der Waals surface area contributed by atoms with Gasteiger partial charge in [-0.3, -0.25) is 9.59 Å². The zero-order valence-electron chi connectivity index (χ0n) is 11.9. The molecular formula is C14H19N3O4. The summed E-state index contributed by atoms with van der Waals surface area (Å²) in [7, 11) is 0. The lowest BCUT2D eigenvalue weighted by Crippen LogP contribution is -2.50. The molecule has 1 aromatic rings. The maximum Gasteiger partial charge on any atom is 0.407 e. The van der Waals surface area contributed by atoms with Gasteiger partial charge in [0.2, 0.25) is 0 Å². The second kappa shape index (κ2) is 6.92. The molecule has 0 aromatic carbocycles. The molecule has 1 aliphatic heterocycles. The Hall–Kier alpha value is -2.31. The summed E-state index contributed by atoms with van der Waals surface area (Å²) >= 11 is 0. The van der Waals surface area contributed by atoms with E-state index < -0.39 is 6.09 Å². The van der Waals surface area contributed by atoms with E-state index in [1.54, 1.807) is 11.8 Å². The van der Waals surface area contributed by atoms with Gasteiger partial charge in [0.1, 0.15) is 5.56 Å². The summed E-state index contributed by atoms with van der Waals surface area (Å²) in [6, 6.07) is 1.18. The summed E-state index contributed by atoms with van der Waals surface area (Å²) < 4.78 is 4.84. The van der Waals surface area contributed by atoms with Crippen LogP contribution in [0.4, 0.5) is 4.79 Å². The van der Waals surface area contributed by atoms with Gasteiger partial charge in [0.25, 0.3) is 5.91 Å². The monoisotopic (exact) mass is 293 g/mol. The summed E-state index contributed by atoms with van der Waals surface area (Å²) in [5.41, 5.74) is -0.187. The molecule has 21 heavy (non-hydrogen) atoms. The first-order chi connectivity index (χ1) is 10.1. The number of piperidine rings is 1. The molecule has 1 unspecified atom stereocenters. The number of hydrogen-bond donors (Lipinski definition) is 2. The van der Waals surface area contributed by atoms with Gasteiger partial charge < -0.3 is 19.9 Å². The van der Waals surface area contributed by atoms with E-state index in [1.165, 1.54) is 18.5 Å². The second-order valence-corrected chi connectivity index (χ2v) is 4.88. The molecule has 0 radical (unpaired) electrons. The van der Waals surface area contributed by atoms with Crippen molar-refractivity contribution in [1.29, 1.82) is 0 Å². The fraction of sp³-hybridized carbons (Fsp3) is 0.500. The number of nitrogens with one attached hydrogen (secondary N) is 2. The lowest BCUT2D eigenvalue weighted by Gasteiger charge is -2.32. The fourth-order valence-electron chi connectivity index (χ4n) is 2.37. The van der Waals surface area contributed by atoms with E-state index in [0.717, 1.165) is 12.8 Å². The standard InChI is InChI=1S/C14H19N3O4/c1-2-21-14(20)16-10-4-3-7-17(9-10)13(19)11-8-15-6-5-12(11)18/h5-6,8,10H,2-4,7,9H2,1H3,(H,15,18)(H,16,20). The summed E-state index contributed by atoms with van der Waals surface area (Å²) in [5, 5.41) is 2.73. The molecule has 2 N–H and O–H groups in total. The maximum atomic E-state index is 12.3. The van der Waals surface area contributed by atoms with Gasteiger partial charge in [-0.2, -0.15) is 0 Å². The van der Waals surface area contributed by atoms with Crippen LogP contribution in [0.2, 0.25) is 0 Å². The molecule has 0 aliphatic carbocycles. The van der Waals surface area contributed by atoms with Crippen molar-refractivity contribution in [3.05, 3.63) is 34.2 Å². The Morgan fingerprint density at radius 2 is 2.33 bits per heavy atom. The Bertz CT molecular complexity index is 569. The van der Waals surface area contributed by atoms with Crippen LogP contribution >= 0.6 is 0 Å². The molecule has 1 aromatic heterocycles. The highest BCUT2D eigenvalue weighted by Crippen LogP contribution is 2.12. The van der Waals surface area contributed by atoms with Crippen molar-refractivity contribution >= 4 is 12.0 Å². The van der Waals surface area contributed by atoms with Crippen LogP contribution in [-0.2, 0) is 4.74 Å². The van der Waals surface area contributed by atoms with E-state index in [4.69, 9.17) is 4.74 Å². The van der Waals surface area contributed by atoms with Crippen molar-refractivity contribution in [3.63, 3.8) is 0 Å². The predicted octanol–water partition coefficient (Wildman–Crippen LogP) is 0.726. The van der Waals surface area contributed by atoms with Gasteiger partial charge in [0, 0.05) is 37.6 Å². The first-order valence-corrected chi connectivity index (χ1v) is 7.01. The van der Waals surface area contributed by atoms with Crippen LogP contribution in [0.5, 0.6) is 0 Å². The summed E-state index contributed by atoms with van der Waals surface area (Å²) in [5.74, 6) is -0.313. The van der Waals surface area contributed by atoms with Crippen LogP contribution in [0.3, 0.4) is 0 Å². The minimum absolute atomic E-state index is 0.120. The molecule has 2 amide bonds. The van der Waals surface area contributed by atoms with E-state index in [9.17, 15) is 14.4 Å². The quantitative estimate of drug-likeness (QED) is 0.859. The number of likely N-dealkylation sites (tertiary alicyclic amines) is 1. The van der Waals surface area contributed by atoms with Gasteiger partial charge in [-0.25, -0.2) is 4.79 Å². The van der Waals surface area contributed by atoms with Crippen molar-refractivity contribution in [2.24, 2.45) is 0 Å². The van der Waals surface area contributed by atoms with Crippen molar-refractivity contribution in [2.75, 3.05) is 19.7 Å². The molecule has 1 aliphatic rings. The van der Waals surface area contributed by atoms with Gasteiger partial charge in [-0.1, -0.05) is 0 Å². The Balaban J connectivity index is 2.01. The van der Waals surface area contributed by atoms with Crippen molar-refractivity contribution in [2.45, 2.75) is 25.8 Å². The van der Waals surface area contributed by atoms with E-state index in [-0.39, 0.29) is 22.9 Å². The Labute approximate surface area is 122 Å². The molecule has 1 atom stereocenters. The van der Waals surface area contributed by atoms with Crippen molar-refractivity contribution < 1.29 is 14.3 Å². The number of aromatic nitrogens is 1. The Morgan fingerprint density at radius 1 is 1.52 bits per heavy atom. The SMILES string of the molecule is CCOC(=O)NC1CCCN(C(=O)c2c[nH]ccc2=O)C1. The number of aromatic amines is 1. The van der Waals surface area contributed by atoms with Crippen LogP contribution in [0.15, 0.2) is 23.3 Å². The lowest BCUT2D eigenvalue weighted by molar-refractivity contribution is 0.0684. The number of alkyl carbamates (subject to hydrolysis) is 1. The number of carbonyl (C=O) groups is 2. The maximum absolute atomic E-state index is 12.3. The summed E-state index contributed by atoms with van der Waals surface area (Å²) in [6.45, 7) is 3.00. The first kappa shape index (κ1) is 15.1. The van der Waals surface area contributed by atoms with Crippen LogP contribution < -0.4 is 10.7 Å². The number of carbonyl (C=O) groups excluding carboxylic acids is 2. The molecule has 0 saturated carbocycles. The number of hydrogen-bond acceptors (Lipinski definition) is 4. The zero-order valence-corrected chi connectivity index (χ0v) is 11.9. The highest BCUT2D eigenvalue weighted by Gasteiger charge is 2.26. The van der Waals surface area contributed by atoms with Crippen molar-refractivity contribution in [3.8, 4) is 0 Å². The third-order valence-electron chi connectivity index (χ3n) is 3.36. The zero-order chi connectivity index (χ0) is 15.2. The topological polar surface area (TPSA) is 91.5 Å². The van der Waals surface area contributed by atoms with Crippen LogP contribution in [0, 0.1) is 0 Å². The number of H-pyrrole nitrogens is 1. The molecule has 0 bridgehead atoms. The van der Waals surface area contributed by atoms with Gasteiger partial charge in [-0.05, 0) is 19.8 Å². The molecule has 2 rings (SSSR count). The van der Waals surface area contributed by atoms with E-state index in [1.807, 2.05) is 0 Å². The highest BCUT2D eigenvalue weighted by atomic mass is 16.5. The molecule has 7 heteroatoms. The normalized spacial score (nSPS) is 18.1. The van der Waals surface area contributed by atoms with Gasteiger partial charge in [0.15, 0.2) is 5.43 Å².